The van der Waals surface area contributed by atoms with Gasteiger partial charge in [0.25, 0.3) is 11.8 Å². The molecule has 230 valence electrons. The number of hydrogen-bond acceptors (Lipinski definition) is 9. The van der Waals surface area contributed by atoms with Crippen molar-refractivity contribution in [3.05, 3.63) is 71.9 Å². The van der Waals surface area contributed by atoms with Crippen molar-refractivity contribution in [3.63, 3.8) is 0 Å². The zero-order valence-electron chi connectivity index (χ0n) is 24.4. The van der Waals surface area contributed by atoms with Crippen LogP contribution in [0.5, 0.6) is 0 Å². The number of pyridine rings is 2. The number of carbonyl (C=O) groups is 2. The van der Waals surface area contributed by atoms with Gasteiger partial charge in [-0.05, 0) is 48.0 Å². The normalized spacial score (nSPS) is 16.2. The van der Waals surface area contributed by atoms with Crippen LogP contribution in [0.15, 0.2) is 59.3 Å². The van der Waals surface area contributed by atoms with Gasteiger partial charge in [-0.1, -0.05) is 0 Å². The summed E-state index contributed by atoms with van der Waals surface area (Å²) in [5, 5.41) is 6.49. The molecule has 2 fully saturated rings. The molecule has 44 heavy (non-hydrogen) atoms. The maximum Gasteiger partial charge on any atom is 0.270 e. The third-order valence-corrected chi connectivity index (χ3v) is 7.86. The first-order valence-electron chi connectivity index (χ1n) is 14.9. The summed E-state index contributed by atoms with van der Waals surface area (Å²) in [6.07, 6.45) is 3.22. The van der Waals surface area contributed by atoms with Gasteiger partial charge in [0.15, 0.2) is 0 Å². The van der Waals surface area contributed by atoms with Crippen molar-refractivity contribution in [3.8, 4) is 22.5 Å². The summed E-state index contributed by atoms with van der Waals surface area (Å²) in [5.41, 5.74) is 2.11. The summed E-state index contributed by atoms with van der Waals surface area (Å²) in [6.45, 7) is 7.98. The second-order valence-corrected chi connectivity index (χ2v) is 10.7. The minimum atomic E-state index is -0.422. The SMILES string of the molecule is O=C(NCCN1CCOCC1)c1nc2oc(-c3ccc(F)cc3)cc2c(C(=O)NCCN2CCOCC2)c1-c1ccncc1. The highest BCUT2D eigenvalue weighted by Crippen LogP contribution is 2.36. The zero-order chi connectivity index (χ0) is 30.3. The molecule has 1 aromatic carbocycles. The van der Waals surface area contributed by atoms with E-state index < -0.39 is 5.91 Å². The summed E-state index contributed by atoms with van der Waals surface area (Å²) < 4.78 is 30.6. The molecule has 2 aliphatic rings. The average molecular weight is 603 g/mol. The fourth-order valence-corrected chi connectivity index (χ4v) is 5.49. The summed E-state index contributed by atoms with van der Waals surface area (Å²) in [4.78, 5) is 41.1. The molecule has 2 aliphatic heterocycles. The molecule has 11 nitrogen and oxygen atoms in total. The lowest BCUT2D eigenvalue weighted by molar-refractivity contribution is 0.0382. The zero-order valence-corrected chi connectivity index (χ0v) is 24.4. The number of fused-ring (bicyclic) bond motifs is 1. The molecule has 2 N–H and O–H groups in total. The van der Waals surface area contributed by atoms with Gasteiger partial charge < -0.3 is 24.5 Å². The van der Waals surface area contributed by atoms with Crippen LogP contribution in [0.25, 0.3) is 33.6 Å². The fraction of sp³-hybridized carbons (Fsp3) is 0.375. The number of halogens is 1. The number of amides is 2. The summed E-state index contributed by atoms with van der Waals surface area (Å²) in [6, 6.07) is 11.1. The Kier molecular flexibility index (Phi) is 9.51. The third-order valence-electron chi connectivity index (χ3n) is 7.86. The monoisotopic (exact) mass is 602 g/mol. The number of carbonyl (C=O) groups excluding carboxylic acids is 2. The first kappa shape index (κ1) is 29.8. The number of nitrogens with zero attached hydrogens (tertiary/aromatic N) is 4. The maximum atomic E-state index is 14.0. The lowest BCUT2D eigenvalue weighted by Crippen LogP contribution is -2.42. The van der Waals surface area contributed by atoms with E-state index >= 15 is 0 Å². The van der Waals surface area contributed by atoms with Crippen LogP contribution < -0.4 is 10.6 Å². The Balaban J connectivity index is 1.38. The first-order chi connectivity index (χ1) is 21.6. The van der Waals surface area contributed by atoms with Crippen LogP contribution in [0.4, 0.5) is 4.39 Å². The van der Waals surface area contributed by atoms with E-state index in [1.807, 2.05) is 0 Å². The number of morpholine rings is 2. The topological polar surface area (TPSA) is 122 Å². The highest BCUT2D eigenvalue weighted by Gasteiger charge is 2.28. The van der Waals surface area contributed by atoms with E-state index in [0.717, 1.165) is 26.2 Å². The Morgan fingerprint density at radius 2 is 1.39 bits per heavy atom. The smallest absolute Gasteiger partial charge is 0.270 e. The van der Waals surface area contributed by atoms with E-state index in [1.165, 1.54) is 12.1 Å². The number of aromatic nitrogens is 2. The number of rotatable bonds is 10. The largest absolute Gasteiger partial charge is 0.438 e. The molecule has 12 heteroatoms. The fourth-order valence-electron chi connectivity index (χ4n) is 5.49. The number of benzene rings is 1. The third kappa shape index (κ3) is 6.94. The molecular weight excluding hydrogens is 567 g/mol. The van der Waals surface area contributed by atoms with E-state index in [1.54, 1.807) is 42.7 Å². The number of hydrogen-bond donors (Lipinski definition) is 2. The van der Waals surface area contributed by atoms with E-state index in [9.17, 15) is 14.0 Å². The molecular formula is C32H35FN6O5. The van der Waals surface area contributed by atoms with Crippen LogP contribution in [0.3, 0.4) is 0 Å². The van der Waals surface area contributed by atoms with Gasteiger partial charge >= 0.3 is 0 Å². The Labute approximate surface area is 254 Å². The molecule has 4 aromatic rings. The molecule has 3 aromatic heterocycles. The molecule has 0 atom stereocenters. The molecule has 2 amide bonds. The van der Waals surface area contributed by atoms with Gasteiger partial charge in [-0.2, -0.15) is 0 Å². The van der Waals surface area contributed by atoms with Crippen LogP contribution in [0, 0.1) is 5.82 Å². The van der Waals surface area contributed by atoms with Crippen molar-refractivity contribution in [1.82, 2.24) is 30.4 Å². The van der Waals surface area contributed by atoms with Crippen LogP contribution in [0.1, 0.15) is 20.8 Å². The highest BCUT2D eigenvalue weighted by molar-refractivity contribution is 6.15. The van der Waals surface area contributed by atoms with Gasteiger partial charge in [-0.25, -0.2) is 9.37 Å². The van der Waals surface area contributed by atoms with Crippen molar-refractivity contribution in [2.24, 2.45) is 0 Å². The second kappa shape index (κ2) is 14.0. The van der Waals surface area contributed by atoms with Crippen LogP contribution in [-0.2, 0) is 9.47 Å². The quantitative estimate of drug-likeness (QED) is 0.282. The average Bonchev–Trinajstić information content (AvgIpc) is 3.49. The van der Waals surface area contributed by atoms with Crippen molar-refractivity contribution in [1.29, 1.82) is 0 Å². The Hall–Kier alpha value is -4.23. The molecule has 0 saturated carbocycles. The van der Waals surface area contributed by atoms with E-state index in [4.69, 9.17) is 13.9 Å². The molecule has 6 rings (SSSR count). The standard InChI is InChI=1S/C32H35FN6O5/c33-24-3-1-22(2-4-24)26-21-25-28(30(40)35-9-11-38-13-17-42-18-14-38)27(23-5-7-34-8-6-23)29(37-32(25)44-26)31(41)36-10-12-39-15-19-43-20-16-39/h1-8,21H,9-20H2,(H,35,40)(H,36,41). The Morgan fingerprint density at radius 1 is 0.795 bits per heavy atom. The number of ether oxygens (including phenoxy) is 2. The van der Waals surface area contributed by atoms with Gasteiger partial charge in [-0.15, -0.1) is 0 Å². The van der Waals surface area contributed by atoms with Gasteiger partial charge in [-0.3, -0.25) is 24.4 Å². The van der Waals surface area contributed by atoms with Crippen molar-refractivity contribution < 1.29 is 27.9 Å². The first-order valence-corrected chi connectivity index (χ1v) is 14.9. The molecule has 0 radical (unpaired) electrons. The summed E-state index contributed by atoms with van der Waals surface area (Å²) >= 11 is 0. The molecule has 5 heterocycles. The summed E-state index contributed by atoms with van der Waals surface area (Å²) in [7, 11) is 0. The lowest BCUT2D eigenvalue weighted by Gasteiger charge is -2.26. The number of nitrogens with one attached hydrogen (secondary N) is 2. The maximum absolute atomic E-state index is 14.0. The van der Waals surface area contributed by atoms with Gasteiger partial charge in [0.05, 0.1) is 37.4 Å². The van der Waals surface area contributed by atoms with Crippen molar-refractivity contribution >= 4 is 22.9 Å². The minimum absolute atomic E-state index is 0.0732. The minimum Gasteiger partial charge on any atom is -0.438 e. The molecule has 0 bridgehead atoms. The number of furan rings is 1. The van der Waals surface area contributed by atoms with Crippen molar-refractivity contribution in [2.75, 3.05) is 78.8 Å². The lowest BCUT2D eigenvalue weighted by atomic mass is 9.95. The van der Waals surface area contributed by atoms with E-state index in [-0.39, 0.29) is 28.7 Å². The summed E-state index contributed by atoms with van der Waals surface area (Å²) in [5.74, 6) is -0.750. The molecule has 0 aliphatic carbocycles. The van der Waals surface area contributed by atoms with Crippen LogP contribution in [0.2, 0.25) is 0 Å². The highest BCUT2D eigenvalue weighted by atomic mass is 19.1. The van der Waals surface area contributed by atoms with Crippen LogP contribution >= 0.6 is 0 Å². The van der Waals surface area contributed by atoms with Gasteiger partial charge in [0.2, 0.25) is 5.71 Å². The predicted molar refractivity (Wildman–Crippen MR) is 162 cm³/mol. The van der Waals surface area contributed by atoms with Gasteiger partial charge in [0.1, 0.15) is 17.3 Å². The molecule has 2 saturated heterocycles. The van der Waals surface area contributed by atoms with Gasteiger partial charge in [0, 0.05) is 75.9 Å². The Morgan fingerprint density at radius 3 is 2.00 bits per heavy atom. The molecule has 0 spiro atoms. The Bertz CT molecular complexity index is 1580. The molecule has 0 unspecified atom stereocenters. The van der Waals surface area contributed by atoms with Crippen LogP contribution in [-0.4, -0.2) is 110 Å². The predicted octanol–water partition coefficient (Wildman–Crippen LogP) is 2.82. The van der Waals surface area contributed by atoms with E-state index in [0.29, 0.717) is 80.4 Å². The van der Waals surface area contributed by atoms with Crippen molar-refractivity contribution in [2.45, 2.75) is 0 Å². The van der Waals surface area contributed by atoms with E-state index in [2.05, 4.69) is 30.4 Å². The second-order valence-electron chi connectivity index (χ2n) is 10.7.